The number of halogens is 3. The van der Waals surface area contributed by atoms with E-state index in [2.05, 4.69) is 20.2 Å². The summed E-state index contributed by atoms with van der Waals surface area (Å²) in [6.07, 6.45) is 2.25. The maximum Gasteiger partial charge on any atom is 0.244 e. The minimum absolute atomic E-state index is 0. The predicted molar refractivity (Wildman–Crippen MR) is 156 cm³/mol. The molecule has 2 aliphatic heterocycles. The van der Waals surface area contributed by atoms with Crippen molar-refractivity contribution in [3.05, 3.63) is 58.6 Å². The molecule has 5 rings (SSSR count). The number of hydrogen-bond donors (Lipinski definition) is 2. The summed E-state index contributed by atoms with van der Waals surface area (Å²) in [6, 6.07) is 6.08. The lowest BCUT2D eigenvalue weighted by atomic mass is 10.1. The molecule has 0 saturated carbocycles. The second-order valence-electron chi connectivity index (χ2n) is 9.62. The van der Waals surface area contributed by atoms with Gasteiger partial charge in [0.15, 0.2) is 5.13 Å². The van der Waals surface area contributed by atoms with Gasteiger partial charge in [0.05, 0.1) is 25.0 Å². The lowest BCUT2D eigenvalue weighted by molar-refractivity contribution is 0.0320. The number of rotatable bonds is 10. The molecule has 2 fully saturated rings. The number of pyridine rings is 1. The van der Waals surface area contributed by atoms with Gasteiger partial charge in [-0.3, -0.25) is 9.69 Å². The number of ether oxygens (including phenoxy) is 2. The van der Waals surface area contributed by atoms with E-state index < -0.39 is 33.0 Å². The fourth-order valence-electron chi connectivity index (χ4n) is 4.66. The van der Waals surface area contributed by atoms with Crippen LogP contribution >= 0.6 is 23.7 Å². The van der Waals surface area contributed by atoms with Crippen molar-refractivity contribution in [2.45, 2.75) is 23.8 Å². The third-order valence-electron chi connectivity index (χ3n) is 6.94. The van der Waals surface area contributed by atoms with Gasteiger partial charge < -0.3 is 20.5 Å². The van der Waals surface area contributed by atoms with Crippen LogP contribution in [0.25, 0.3) is 0 Å². The Bertz CT molecular complexity index is 1460. The van der Waals surface area contributed by atoms with Crippen LogP contribution in [0.5, 0.6) is 5.88 Å². The number of nitrogens with zero attached hydrogens (tertiary/aromatic N) is 4. The molecule has 4 heterocycles. The zero-order valence-electron chi connectivity index (χ0n) is 22.5. The summed E-state index contributed by atoms with van der Waals surface area (Å²) >= 11 is 0.901. The Labute approximate surface area is 252 Å². The van der Waals surface area contributed by atoms with Gasteiger partial charge in [-0.05, 0) is 31.0 Å². The van der Waals surface area contributed by atoms with E-state index in [4.69, 9.17) is 15.2 Å². The molecule has 0 amide bonds. The highest BCUT2D eigenvalue weighted by Gasteiger charge is 2.31. The highest BCUT2D eigenvalue weighted by atomic mass is 35.5. The molecule has 0 bridgehead atoms. The summed E-state index contributed by atoms with van der Waals surface area (Å²) in [5.74, 6) is -2.62. The minimum Gasteiger partial charge on any atom is -0.476 e. The first-order valence-corrected chi connectivity index (χ1v) is 15.4. The SMILES string of the molecule is Cl.Nc1nc(NC2CCN(S(=O)(=O)c3ccc(OCCN4CCOCC4)nc3)CC2)sc1C(=O)c1c(F)cccc1F. The number of aromatic nitrogens is 2. The Morgan fingerprint density at radius 3 is 2.45 bits per heavy atom. The molecule has 42 heavy (non-hydrogen) atoms. The number of nitrogens with one attached hydrogen (secondary N) is 1. The van der Waals surface area contributed by atoms with E-state index in [0.29, 0.717) is 43.7 Å². The second kappa shape index (κ2) is 14.0. The summed E-state index contributed by atoms with van der Waals surface area (Å²) in [6.45, 7) is 4.82. The smallest absolute Gasteiger partial charge is 0.244 e. The third kappa shape index (κ3) is 7.33. The third-order valence-corrected chi connectivity index (χ3v) is 9.82. The van der Waals surface area contributed by atoms with Gasteiger partial charge in [0, 0.05) is 44.8 Å². The number of hydrogen-bond acceptors (Lipinski definition) is 11. The van der Waals surface area contributed by atoms with E-state index >= 15 is 0 Å². The van der Waals surface area contributed by atoms with Crippen molar-refractivity contribution < 1.29 is 31.5 Å². The Kier molecular flexibility index (Phi) is 10.7. The fourth-order valence-corrected chi connectivity index (χ4v) is 6.98. The van der Waals surface area contributed by atoms with Crippen LogP contribution in [0.1, 0.15) is 28.1 Å². The van der Waals surface area contributed by atoms with E-state index in [1.807, 2.05) is 0 Å². The first kappa shape index (κ1) is 32.0. The number of thiazole rings is 1. The predicted octanol–water partition coefficient (Wildman–Crippen LogP) is 3.03. The van der Waals surface area contributed by atoms with Gasteiger partial charge in [-0.15, -0.1) is 12.4 Å². The van der Waals surface area contributed by atoms with Crippen molar-refractivity contribution in [1.29, 1.82) is 0 Å². The number of carbonyl (C=O) groups is 1. The normalized spacial score (nSPS) is 17.0. The van der Waals surface area contributed by atoms with Crippen molar-refractivity contribution >= 4 is 50.5 Å². The van der Waals surface area contributed by atoms with E-state index in [-0.39, 0.29) is 47.1 Å². The van der Waals surface area contributed by atoms with Gasteiger partial charge in [0.2, 0.25) is 21.7 Å². The fraction of sp³-hybridized carbons (Fsp3) is 0.423. The molecule has 3 N–H and O–H groups in total. The van der Waals surface area contributed by atoms with E-state index in [1.54, 1.807) is 6.07 Å². The summed E-state index contributed by atoms with van der Waals surface area (Å²) in [5.41, 5.74) is 5.20. The Hall–Kier alpha value is -2.95. The van der Waals surface area contributed by atoms with E-state index in [0.717, 1.165) is 43.1 Å². The van der Waals surface area contributed by atoms with Crippen molar-refractivity contribution in [3.63, 3.8) is 0 Å². The molecule has 11 nitrogen and oxygen atoms in total. The maximum atomic E-state index is 14.1. The Morgan fingerprint density at radius 1 is 1.12 bits per heavy atom. The van der Waals surface area contributed by atoms with Crippen molar-refractivity contribution in [3.8, 4) is 5.88 Å². The summed E-state index contributed by atoms with van der Waals surface area (Å²) in [4.78, 5) is 23.3. The van der Waals surface area contributed by atoms with Gasteiger partial charge in [0.25, 0.3) is 0 Å². The number of ketones is 1. The second-order valence-corrected chi connectivity index (χ2v) is 12.6. The molecule has 228 valence electrons. The van der Waals surface area contributed by atoms with Gasteiger partial charge >= 0.3 is 0 Å². The quantitative estimate of drug-likeness (QED) is 0.317. The molecule has 2 aromatic heterocycles. The van der Waals surface area contributed by atoms with E-state index in [1.165, 1.54) is 22.6 Å². The minimum atomic E-state index is -3.75. The van der Waals surface area contributed by atoms with Crippen LogP contribution in [0, 0.1) is 11.6 Å². The first-order valence-electron chi connectivity index (χ1n) is 13.1. The number of piperidine rings is 1. The summed E-state index contributed by atoms with van der Waals surface area (Å²) in [5, 5.41) is 3.48. The topological polar surface area (TPSA) is 140 Å². The number of sulfonamides is 1. The molecule has 16 heteroatoms. The van der Waals surface area contributed by atoms with Crippen molar-refractivity contribution in [1.82, 2.24) is 19.2 Å². The van der Waals surface area contributed by atoms with Crippen LogP contribution in [-0.4, -0.2) is 92.0 Å². The molecular formula is C26H31ClF2N6O5S2. The van der Waals surface area contributed by atoms with Crippen LogP contribution in [0.15, 0.2) is 41.4 Å². The molecule has 0 aliphatic carbocycles. The van der Waals surface area contributed by atoms with Gasteiger partial charge in [-0.2, -0.15) is 4.31 Å². The number of anilines is 2. The molecular weight excluding hydrogens is 614 g/mol. The van der Waals surface area contributed by atoms with Gasteiger partial charge in [-0.1, -0.05) is 17.4 Å². The largest absolute Gasteiger partial charge is 0.476 e. The van der Waals surface area contributed by atoms with Gasteiger partial charge in [-0.25, -0.2) is 27.2 Å². The van der Waals surface area contributed by atoms with Gasteiger partial charge in [0.1, 0.15) is 33.8 Å². The van der Waals surface area contributed by atoms with Crippen LogP contribution in [-0.2, 0) is 14.8 Å². The molecule has 0 radical (unpaired) electrons. The highest BCUT2D eigenvalue weighted by molar-refractivity contribution is 7.89. The van der Waals surface area contributed by atoms with Crippen LogP contribution in [0.2, 0.25) is 0 Å². The van der Waals surface area contributed by atoms with Crippen LogP contribution in [0.3, 0.4) is 0 Å². The maximum absolute atomic E-state index is 14.1. The Balaban J connectivity index is 0.00000405. The van der Waals surface area contributed by atoms with Crippen LogP contribution < -0.4 is 15.8 Å². The number of nitrogens with two attached hydrogens (primary N) is 1. The Morgan fingerprint density at radius 2 is 1.81 bits per heavy atom. The molecule has 3 aromatic rings. The zero-order chi connectivity index (χ0) is 29.0. The molecule has 0 atom stereocenters. The standard InChI is InChI=1S/C26H30F2N6O5S2.ClH/c27-19-2-1-3-20(28)22(19)23(35)24-25(29)32-26(40-24)31-17-6-8-34(9-7-17)41(36,37)18-4-5-21(30-16-18)39-15-12-33-10-13-38-14-11-33;/h1-5,16-17H,6-15,29H2,(H,31,32);1H. The molecule has 0 unspecified atom stereocenters. The summed E-state index contributed by atoms with van der Waals surface area (Å²) < 4.78 is 66.9. The van der Waals surface area contributed by atoms with Crippen molar-refractivity contribution in [2.75, 3.05) is 63.6 Å². The lowest BCUT2D eigenvalue weighted by Crippen LogP contribution is -2.42. The molecule has 0 spiro atoms. The average Bonchev–Trinajstić information content (AvgIpc) is 3.33. The number of nitrogen functional groups attached to an aromatic ring is 1. The highest BCUT2D eigenvalue weighted by Crippen LogP contribution is 2.31. The summed E-state index contributed by atoms with van der Waals surface area (Å²) in [7, 11) is -3.75. The number of carbonyl (C=O) groups excluding carboxylic acids is 1. The first-order chi connectivity index (χ1) is 19.7. The number of morpholine rings is 1. The molecule has 2 aliphatic rings. The van der Waals surface area contributed by atoms with Crippen LogP contribution in [0.4, 0.5) is 19.7 Å². The monoisotopic (exact) mass is 644 g/mol. The molecule has 1 aromatic carbocycles. The molecule has 2 saturated heterocycles. The average molecular weight is 645 g/mol. The lowest BCUT2D eigenvalue weighted by Gasteiger charge is -2.31. The van der Waals surface area contributed by atoms with E-state index in [9.17, 15) is 22.0 Å². The van der Waals surface area contributed by atoms with Crippen molar-refractivity contribution in [2.24, 2.45) is 0 Å². The zero-order valence-corrected chi connectivity index (χ0v) is 25.0. The number of benzene rings is 1.